The van der Waals surface area contributed by atoms with Gasteiger partial charge < -0.3 is 11.1 Å². The molecule has 1 rings (SSSR count). The fraction of sp³-hybridized carbons (Fsp3) is 0.929. The van der Waals surface area contributed by atoms with Crippen molar-refractivity contribution in [1.82, 2.24) is 5.32 Å². The highest BCUT2D eigenvalue weighted by Crippen LogP contribution is 2.39. The molecular formula is C14H28N2O. The largest absolute Gasteiger partial charge is 0.355 e. The van der Waals surface area contributed by atoms with Gasteiger partial charge >= 0.3 is 0 Å². The van der Waals surface area contributed by atoms with Crippen molar-refractivity contribution < 1.29 is 4.79 Å². The Bertz CT molecular complexity index is 247. The van der Waals surface area contributed by atoms with E-state index in [2.05, 4.69) is 12.2 Å². The number of nitrogens with two attached hydrogens (primary N) is 1. The van der Waals surface area contributed by atoms with Crippen LogP contribution in [-0.4, -0.2) is 18.5 Å². The monoisotopic (exact) mass is 240 g/mol. The summed E-state index contributed by atoms with van der Waals surface area (Å²) in [5.41, 5.74) is 6.07. The summed E-state index contributed by atoms with van der Waals surface area (Å²) in [4.78, 5) is 11.9. The highest BCUT2D eigenvalue weighted by Gasteiger charge is 2.32. The van der Waals surface area contributed by atoms with Crippen LogP contribution in [0.3, 0.4) is 0 Å². The predicted octanol–water partition coefficient (Wildman–Crippen LogP) is 2.45. The Labute approximate surface area is 106 Å². The zero-order chi connectivity index (χ0) is 12.9. The minimum atomic E-state index is 0.123. The first-order valence-electron chi connectivity index (χ1n) is 6.96. The van der Waals surface area contributed by atoms with Gasteiger partial charge in [0.2, 0.25) is 5.91 Å². The van der Waals surface area contributed by atoms with Crippen molar-refractivity contribution in [2.45, 2.75) is 65.3 Å². The average Bonchev–Trinajstić information content (AvgIpc) is 2.22. The van der Waals surface area contributed by atoms with Crippen LogP contribution in [0, 0.1) is 11.3 Å². The van der Waals surface area contributed by atoms with E-state index in [-0.39, 0.29) is 17.9 Å². The first-order valence-corrected chi connectivity index (χ1v) is 6.96. The maximum atomic E-state index is 11.9. The van der Waals surface area contributed by atoms with Crippen LogP contribution in [0.1, 0.15) is 59.3 Å². The van der Waals surface area contributed by atoms with Crippen LogP contribution < -0.4 is 11.1 Å². The van der Waals surface area contributed by atoms with Gasteiger partial charge in [0, 0.05) is 18.5 Å². The first kappa shape index (κ1) is 14.5. The molecule has 1 amide bonds. The van der Waals surface area contributed by atoms with Crippen LogP contribution >= 0.6 is 0 Å². The molecule has 0 aromatic rings. The van der Waals surface area contributed by atoms with Crippen LogP contribution in [0.15, 0.2) is 0 Å². The molecule has 1 fully saturated rings. The summed E-state index contributed by atoms with van der Waals surface area (Å²) < 4.78 is 0. The van der Waals surface area contributed by atoms with Gasteiger partial charge in [0.25, 0.3) is 0 Å². The van der Waals surface area contributed by atoms with Crippen LogP contribution in [0.25, 0.3) is 0 Å². The minimum Gasteiger partial charge on any atom is -0.355 e. The van der Waals surface area contributed by atoms with Gasteiger partial charge in [-0.25, -0.2) is 0 Å². The van der Waals surface area contributed by atoms with Crippen molar-refractivity contribution in [2.75, 3.05) is 6.54 Å². The maximum absolute atomic E-state index is 11.9. The molecule has 2 unspecified atom stereocenters. The third-order valence-electron chi connectivity index (χ3n) is 3.99. The summed E-state index contributed by atoms with van der Waals surface area (Å²) in [6.45, 7) is 7.14. The summed E-state index contributed by atoms with van der Waals surface area (Å²) >= 11 is 0. The van der Waals surface area contributed by atoms with Crippen molar-refractivity contribution in [3.05, 3.63) is 0 Å². The zero-order valence-corrected chi connectivity index (χ0v) is 11.6. The predicted molar refractivity (Wildman–Crippen MR) is 71.6 cm³/mol. The Balaban J connectivity index is 2.13. The van der Waals surface area contributed by atoms with Gasteiger partial charge in [-0.15, -0.1) is 0 Å². The molecule has 0 spiro atoms. The molecule has 0 saturated heterocycles. The molecule has 0 aliphatic heterocycles. The summed E-state index contributed by atoms with van der Waals surface area (Å²) in [5.74, 6) is 0.334. The Hall–Kier alpha value is -0.570. The Kier molecular flexibility index (Phi) is 5.44. The number of carbonyl (C=O) groups is 1. The second-order valence-electron chi connectivity index (χ2n) is 6.19. The lowest BCUT2D eigenvalue weighted by Crippen LogP contribution is -2.41. The Morgan fingerprint density at radius 3 is 2.47 bits per heavy atom. The molecule has 3 heteroatoms. The molecule has 2 atom stereocenters. The topological polar surface area (TPSA) is 55.1 Å². The summed E-state index contributed by atoms with van der Waals surface area (Å²) in [7, 11) is 0. The van der Waals surface area contributed by atoms with Crippen LogP contribution in [-0.2, 0) is 4.79 Å². The number of amides is 1. The van der Waals surface area contributed by atoms with Crippen LogP contribution in [0.5, 0.6) is 0 Å². The molecule has 0 aromatic carbocycles. The molecule has 100 valence electrons. The standard InChI is InChI=1S/C14H28N2O/c1-11(6-4-7-12(2)15)13(17)16-10-14(3)8-5-9-14/h11-12H,4-10,15H2,1-3H3,(H,16,17). The fourth-order valence-corrected chi connectivity index (χ4v) is 2.31. The second kappa shape index (κ2) is 6.39. The number of carbonyl (C=O) groups excluding carboxylic acids is 1. The molecule has 1 aliphatic rings. The lowest BCUT2D eigenvalue weighted by Gasteiger charge is -2.38. The van der Waals surface area contributed by atoms with Gasteiger partial charge in [-0.1, -0.05) is 26.7 Å². The fourth-order valence-electron chi connectivity index (χ4n) is 2.31. The first-order chi connectivity index (χ1) is 7.93. The lowest BCUT2D eigenvalue weighted by atomic mass is 9.70. The summed E-state index contributed by atoms with van der Waals surface area (Å²) in [6, 6.07) is 0.249. The molecule has 1 aliphatic carbocycles. The van der Waals surface area contributed by atoms with Crippen LogP contribution in [0.4, 0.5) is 0 Å². The van der Waals surface area contributed by atoms with Crippen molar-refractivity contribution >= 4 is 5.91 Å². The summed E-state index contributed by atoms with van der Waals surface area (Å²) in [5, 5.41) is 3.09. The minimum absolute atomic E-state index is 0.123. The normalized spacial score (nSPS) is 21.4. The average molecular weight is 240 g/mol. The van der Waals surface area contributed by atoms with E-state index < -0.39 is 0 Å². The lowest BCUT2D eigenvalue weighted by molar-refractivity contribution is -0.125. The van der Waals surface area contributed by atoms with E-state index in [0.717, 1.165) is 25.8 Å². The molecule has 17 heavy (non-hydrogen) atoms. The zero-order valence-electron chi connectivity index (χ0n) is 11.6. The highest BCUT2D eigenvalue weighted by atomic mass is 16.1. The van der Waals surface area contributed by atoms with Gasteiger partial charge in [-0.2, -0.15) is 0 Å². The third kappa shape index (κ3) is 5.07. The summed E-state index contributed by atoms with van der Waals surface area (Å²) in [6.07, 6.45) is 6.83. The third-order valence-corrected chi connectivity index (χ3v) is 3.99. The number of hydrogen-bond donors (Lipinski definition) is 2. The SMILES string of the molecule is CC(N)CCCC(C)C(=O)NCC1(C)CCC1. The molecular weight excluding hydrogens is 212 g/mol. The molecule has 3 nitrogen and oxygen atoms in total. The van der Waals surface area contributed by atoms with Crippen molar-refractivity contribution in [3.63, 3.8) is 0 Å². The smallest absolute Gasteiger partial charge is 0.222 e. The number of hydrogen-bond acceptors (Lipinski definition) is 2. The van der Waals surface area contributed by atoms with Crippen molar-refractivity contribution in [2.24, 2.45) is 17.1 Å². The van der Waals surface area contributed by atoms with Crippen molar-refractivity contribution in [1.29, 1.82) is 0 Å². The Morgan fingerprint density at radius 2 is 2.00 bits per heavy atom. The van der Waals surface area contributed by atoms with Gasteiger partial charge in [0.1, 0.15) is 0 Å². The van der Waals surface area contributed by atoms with E-state index in [1.165, 1.54) is 19.3 Å². The molecule has 0 radical (unpaired) electrons. The quantitative estimate of drug-likeness (QED) is 0.718. The number of nitrogens with one attached hydrogen (secondary N) is 1. The van der Waals surface area contributed by atoms with E-state index in [1.54, 1.807) is 0 Å². The molecule has 1 saturated carbocycles. The maximum Gasteiger partial charge on any atom is 0.222 e. The highest BCUT2D eigenvalue weighted by molar-refractivity contribution is 5.78. The molecule has 0 bridgehead atoms. The van der Waals surface area contributed by atoms with E-state index in [1.807, 2.05) is 13.8 Å². The molecule has 0 aromatic heterocycles. The van der Waals surface area contributed by atoms with Gasteiger partial charge in [-0.05, 0) is 38.0 Å². The van der Waals surface area contributed by atoms with Gasteiger partial charge in [0.05, 0.1) is 0 Å². The van der Waals surface area contributed by atoms with E-state index in [9.17, 15) is 4.79 Å². The van der Waals surface area contributed by atoms with Gasteiger partial charge in [0.15, 0.2) is 0 Å². The molecule has 3 N–H and O–H groups in total. The van der Waals surface area contributed by atoms with E-state index in [0.29, 0.717) is 5.41 Å². The van der Waals surface area contributed by atoms with Crippen LogP contribution in [0.2, 0.25) is 0 Å². The second-order valence-corrected chi connectivity index (χ2v) is 6.19. The molecule has 0 heterocycles. The Morgan fingerprint density at radius 1 is 1.35 bits per heavy atom. The van der Waals surface area contributed by atoms with E-state index in [4.69, 9.17) is 5.73 Å². The number of rotatable bonds is 7. The van der Waals surface area contributed by atoms with E-state index >= 15 is 0 Å². The van der Waals surface area contributed by atoms with Crippen molar-refractivity contribution in [3.8, 4) is 0 Å². The van der Waals surface area contributed by atoms with Gasteiger partial charge in [-0.3, -0.25) is 4.79 Å².